The molecule has 0 heterocycles. The maximum atomic E-state index is 12.1. The van der Waals surface area contributed by atoms with Crippen molar-refractivity contribution in [1.82, 2.24) is 0 Å². The molecule has 0 N–H and O–H groups in total. The molecule has 0 amide bonds. The molecular weight excluding hydrogens is 256 g/mol. The Labute approximate surface area is 126 Å². The van der Waals surface area contributed by atoms with Gasteiger partial charge in [0.15, 0.2) is 5.78 Å². The largest absolute Gasteiger partial charge is 0.290 e. The summed E-state index contributed by atoms with van der Waals surface area (Å²) in [6.07, 6.45) is 5.40. The summed E-state index contributed by atoms with van der Waals surface area (Å²) in [5, 5.41) is 0. The Bertz CT molecular complexity index is 671. The second-order valence-electron chi connectivity index (χ2n) is 5.35. The number of allylic oxidation sites excluding steroid dienone is 2. The van der Waals surface area contributed by atoms with Gasteiger partial charge in [-0.1, -0.05) is 65.7 Å². The van der Waals surface area contributed by atoms with Crippen molar-refractivity contribution >= 4 is 17.9 Å². The Kier molecular flexibility index (Phi) is 4.89. The molecule has 0 bridgehead atoms. The summed E-state index contributed by atoms with van der Waals surface area (Å²) >= 11 is 0. The molecule has 0 radical (unpaired) electrons. The van der Waals surface area contributed by atoms with E-state index >= 15 is 0 Å². The third kappa shape index (κ3) is 4.57. The zero-order valence-electron chi connectivity index (χ0n) is 12.8. The van der Waals surface area contributed by atoms with E-state index in [4.69, 9.17) is 0 Å². The highest BCUT2D eigenvalue weighted by Crippen LogP contribution is 2.11. The predicted octanol–water partition coefficient (Wildman–Crippen LogP) is 4.99. The van der Waals surface area contributed by atoms with Crippen molar-refractivity contribution in [3.8, 4) is 0 Å². The van der Waals surface area contributed by atoms with Crippen LogP contribution in [0.3, 0.4) is 0 Å². The predicted molar refractivity (Wildman–Crippen MR) is 90.1 cm³/mol. The van der Waals surface area contributed by atoms with Gasteiger partial charge in [0, 0.05) is 0 Å². The van der Waals surface area contributed by atoms with Gasteiger partial charge in [-0.15, -0.1) is 0 Å². The van der Waals surface area contributed by atoms with Crippen molar-refractivity contribution in [3.05, 3.63) is 82.4 Å². The highest BCUT2D eigenvalue weighted by atomic mass is 16.1. The zero-order chi connectivity index (χ0) is 15.2. The first-order valence-corrected chi connectivity index (χ1v) is 7.08. The minimum Gasteiger partial charge on any atom is -0.290 e. The van der Waals surface area contributed by atoms with E-state index < -0.39 is 0 Å². The highest BCUT2D eigenvalue weighted by Gasteiger charge is 2.00. The van der Waals surface area contributed by atoms with Crippen molar-refractivity contribution in [2.24, 2.45) is 0 Å². The quantitative estimate of drug-likeness (QED) is 0.719. The fourth-order valence-electron chi connectivity index (χ4n) is 1.96. The summed E-state index contributed by atoms with van der Waals surface area (Å²) in [7, 11) is 0. The minimum atomic E-state index is 0.0381. The molecule has 2 aromatic carbocycles. The Morgan fingerprint density at radius 2 is 1.29 bits per heavy atom. The van der Waals surface area contributed by atoms with E-state index in [0.717, 1.165) is 16.7 Å². The van der Waals surface area contributed by atoms with Gasteiger partial charge in [0.2, 0.25) is 0 Å². The lowest BCUT2D eigenvalue weighted by Crippen LogP contribution is -1.94. The molecule has 0 aliphatic heterocycles. The first kappa shape index (κ1) is 15.0. The Morgan fingerprint density at radius 1 is 0.810 bits per heavy atom. The standard InChI is InChI=1S/C20H20O/c1-15-4-8-18(9-5-15)12-13-20(21)17(3)14-19-10-6-16(2)7-11-19/h4-14H,1-3H3. The second-order valence-corrected chi connectivity index (χ2v) is 5.35. The lowest BCUT2D eigenvalue weighted by atomic mass is 10.1. The van der Waals surface area contributed by atoms with Crippen molar-refractivity contribution in [2.75, 3.05) is 0 Å². The third-order valence-corrected chi connectivity index (χ3v) is 3.35. The van der Waals surface area contributed by atoms with Gasteiger partial charge in [-0.05, 0) is 49.6 Å². The van der Waals surface area contributed by atoms with Crippen LogP contribution in [0, 0.1) is 13.8 Å². The lowest BCUT2D eigenvalue weighted by Gasteiger charge is -1.99. The molecule has 0 fully saturated rings. The fraction of sp³-hybridized carbons (Fsp3) is 0.150. The fourth-order valence-corrected chi connectivity index (χ4v) is 1.96. The van der Waals surface area contributed by atoms with Crippen LogP contribution < -0.4 is 0 Å². The molecule has 0 aliphatic carbocycles. The van der Waals surface area contributed by atoms with E-state index in [1.807, 2.05) is 74.5 Å². The van der Waals surface area contributed by atoms with E-state index in [1.54, 1.807) is 6.08 Å². The monoisotopic (exact) mass is 276 g/mol. The van der Waals surface area contributed by atoms with Gasteiger partial charge in [0.05, 0.1) is 0 Å². The van der Waals surface area contributed by atoms with Gasteiger partial charge in [0.25, 0.3) is 0 Å². The first-order valence-electron chi connectivity index (χ1n) is 7.08. The summed E-state index contributed by atoms with van der Waals surface area (Å²) in [4.78, 5) is 12.1. The van der Waals surface area contributed by atoms with Crippen molar-refractivity contribution < 1.29 is 4.79 Å². The molecule has 0 aliphatic rings. The van der Waals surface area contributed by atoms with Crippen LogP contribution in [-0.2, 0) is 4.79 Å². The van der Waals surface area contributed by atoms with Crippen LogP contribution in [0.25, 0.3) is 12.2 Å². The zero-order valence-corrected chi connectivity index (χ0v) is 12.8. The summed E-state index contributed by atoms with van der Waals surface area (Å²) in [6.45, 7) is 5.95. The van der Waals surface area contributed by atoms with Crippen molar-refractivity contribution in [2.45, 2.75) is 20.8 Å². The highest BCUT2D eigenvalue weighted by molar-refractivity contribution is 6.08. The van der Waals surface area contributed by atoms with Gasteiger partial charge < -0.3 is 0 Å². The van der Waals surface area contributed by atoms with Crippen LogP contribution in [0.1, 0.15) is 29.2 Å². The summed E-state index contributed by atoms with van der Waals surface area (Å²) in [6, 6.07) is 16.2. The number of ketones is 1. The van der Waals surface area contributed by atoms with Crippen molar-refractivity contribution in [3.63, 3.8) is 0 Å². The lowest BCUT2D eigenvalue weighted by molar-refractivity contribution is -0.111. The molecule has 2 aromatic rings. The normalized spacial score (nSPS) is 11.9. The average Bonchev–Trinajstić information content (AvgIpc) is 2.48. The Balaban J connectivity index is 2.08. The minimum absolute atomic E-state index is 0.0381. The van der Waals surface area contributed by atoms with Gasteiger partial charge in [-0.2, -0.15) is 0 Å². The molecule has 0 spiro atoms. The van der Waals surface area contributed by atoms with Crippen LogP contribution in [0.4, 0.5) is 0 Å². The van der Waals surface area contributed by atoms with Crippen LogP contribution in [0.2, 0.25) is 0 Å². The molecule has 0 saturated heterocycles. The maximum absolute atomic E-state index is 12.1. The number of hydrogen-bond donors (Lipinski definition) is 0. The smallest absolute Gasteiger partial charge is 0.181 e. The molecule has 1 heteroatoms. The first-order chi connectivity index (χ1) is 10.0. The number of hydrogen-bond acceptors (Lipinski definition) is 1. The van der Waals surface area contributed by atoms with Crippen LogP contribution in [-0.4, -0.2) is 5.78 Å². The molecule has 2 rings (SSSR count). The van der Waals surface area contributed by atoms with Gasteiger partial charge in [-0.25, -0.2) is 0 Å². The molecule has 0 atom stereocenters. The van der Waals surface area contributed by atoms with Crippen molar-refractivity contribution in [1.29, 1.82) is 0 Å². The number of aryl methyl sites for hydroxylation is 2. The van der Waals surface area contributed by atoms with E-state index in [9.17, 15) is 4.79 Å². The summed E-state index contributed by atoms with van der Waals surface area (Å²) in [5.41, 5.74) is 5.26. The molecule has 106 valence electrons. The topological polar surface area (TPSA) is 17.1 Å². The number of benzene rings is 2. The van der Waals surface area contributed by atoms with E-state index in [2.05, 4.69) is 6.92 Å². The van der Waals surface area contributed by atoms with Gasteiger partial charge in [-0.3, -0.25) is 4.79 Å². The Morgan fingerprint density at radius 3 is 1.81 bits per heavy atom. The molecule has 21 heavy (non-hydrogen) atoms. The Hall–Kier alpha value is -2.41. The number of rotatable bonds is 4. The molecule has 0 saturated carbocycles. The number of carbonyl (C=O) groups excluding carboxylic acids is 1. The molecule has 0 aromatic heterocycles. The van der Waals surface area contributed by atoms with E-state index in [1.165, 1.54) is 11.1 Å². The van der Waals surface area contributed by atoms with E-state index in [-0.39, 0.29) is 5.78 Å². The van der Waals surface area contributed by atoms with E-state index in [0.29, 0.717) is 0 Å². The SMILES string of the molecule is CC(=Cc1ccc(C)cc1)C(=O)C=Cc1ccc(C)cc1. The number of carbonyl (C=O) groups is 1. The van der Waals surface area contributed by atoms with Crippen LogP contribution in [0.15, 0.2) is 60.2 Å². The van der Waals surface area contributed by atoms with Gasteiger partial charge in [0.1, 0.15) is 0 Å². The molecule has 0 unspecified atom stereocenters. The summed E-state index contributed by atoms with van der Waals surface area (Å²) < 4.78 is 0. The second kappa shape index (κ2) is 6.85. The molecule has 1 nitrogen and oxygen atoms in total. The third-order valence-electron chi connectivity index (χ3n) is 3.35. The summed E-state index contributed by atoms with van der Waals surface area (Å²) in [5.74, 6) is 0.0381. The van der Waals surface area contributed by atoms with Gasteiger partial charge >= 0.3 is 0 Å². The van der Waals surface area contributed by atoms with Crippen LogP contribution in [0.5, 0.6) is 0 Å². The molecular formula is C20H20O. The average molecular weight is 276 g/mol. The maximum Gasteiger partial charge on any atom is 0.181 e. The van der Waals surface area contributed by atoms with Crippen LogP contribution >= 0.6 is 0 Å².